The lowest BCUT2D eigenvalue weighted by Gasteiger charge is -2.09. The minimum atomic E-state index is -0.402. The van der Waals surface area contributed by atoms with Crippen molar-refractivity contribution in [2.75, 3.05) is 13.2 Å². The van der Waals surface area contributed by atoms with Gasteiger partial charge >= 0.3 is 0 Å². The highest BCUT2D eigenvalue weighted by Gasteiger charge is 2.14. The Morgan fingerprint density at radius 3 is 3.19 bits per heavy atom. The number of ether oxygens (including phenoxy) is 1. The van der Waals surface area contributed by atoms with E-state index in [9.17, 15) is 4.79 Å². The van der Waals surface area contributed by atoms with Gasteiger partial charge in [0.05, 0.1) is 6.10 Å². The molecular weight excluding hydrogens is 268 g/mol. The Balaban J connectivity index is 1.79. The number of hydrogen-bond donors (Lipinski definition) is 2. The number of carbonyl (C=O) groups excluding carboxylic acids is 1. The average molecular weight is 286 g/mol. The van der Waals surface area contributed by atoms with Crippen molar-refractivity contribution in [1.82, 2.24) is 15.6 Å². The van der Waals surface area contributed by atoms with Gasteiger partial charge in [-0.2, -0.15) is 5.26 Å². The lowest BCUT2D eigenvalue weighted by atomic mass is 10.2. The van der Waals surface area contributed by atoms with Crippen LogP contribution in [0.4, 0.5) is 0 Å². The van der Waals surface area contributed by atoms with Gasteiger partial charge in [0.15, 0.2) is 0 Å². The number of amides is 1. The van der Waals surface area contributed by atoms with Crippen LogP contribution in [0.25, 0.3) is 0 Å². The van der Waals surface area contributed by atoms with E-state index in [1.165, 1.54) is 6.20 Å². The summed E-state index contributed by atoms with van der Waals surface area (Å²) in [6.07, 6.45) is 7.02. The molecule has 1 unspecified atom stereocenters. The van der Waals surface area contributed by atoms with E-state index in [1.807, 2.05) is 12.1 Å². The molecule has 2 heterocycles. The number of hydrogen-bond acceptors (Lipinski definition) is 5. The molecule has 1 fully saturated rings. The standard InChI is InChI=1S/C15H18N4O2/c16-7-13(10-18-11-14-4-2-6-21-14)15(20)19-9-12-3-1-5-17-8-12/h1,3,5,8,10,14,18H,2,4,6,9,11H2,(H,19,20)/b13-10-. The van der Waals surface area contributed by atoms with E-state index in [0.717, 1.165) is 25.0 Å². The second-order valence-electron chi connectivity index (χ2n) is 4.76. The summed E-state index contributed by atoms with van der Waals surface area (Å²) in [5.41, 5.74) is 0.937. The van der Waals surface area contributed by atoms with Gasteiger partial charge in [-0.25, -0.2) is 0 Å². The number of rotatable bonds is 6. The number of aromatic nitrogens is 1. The molecule has 1 amide bonds. The highest BCUT2D eigenvalue weighted by atomic mass is 16.5. The van der Waals surface area contributed by atoms with Crippen LogP contribution in [0.2, 0.25) is 0 Å². The summed E-state index contributed by atoms with van der Waals surface area (Å²) in [6.45, 7) is 1.74. The first-order valence-corrected chi connectivity index (χ1v) is 6.92. The van der Waals surface area contributed by atoms with Gasteiger partial charge in [0.25, 0.3) is 5.91 Å². The van der Waals surface area contributed by atoms with Crippen molar-refractivity contribution >= 4 is 5.91 Å². The molecule has 0 spiro atoms. The van der Waals surface area contributed by atoms with Gasteiger partial charge in [-0.05, 0) is 24.5 Å². The highest BCUT2D eigenvalue weighted by Crippen LogP contribution is 2.10. The SMILES string of the molecule is N#C/C(=C/NCC1CCCO1)C(=O)NCc1cccnc1. The summed E-state index contributed by atoms with van der Waals surface area (Å²) in [6, 6.07) is 5.55. The second-order valence-corrected chi connectivity index (χ2v) is 4.76. The Hall–Kier alpha value is -2.39. The highest BCUT2D eigenvalue weighted by molar-refractivity contribution is 5.97. The van der Waals surface area contributed by atoms with Gasteiger partial charge < -0.3 is 15.4 Å². The quantitative estimate of drug-likeness (QED) is 0.598. The van der Waals surface area contributed by atoms with E-state index in [1.54, 1.807) is 18.5 Å². The average Bonchev–Trinajstić information content (AvgIpc) is 3.03. The Labute approximate surface area is 123 Å². The predicted octanol–water partition coefficient (Wildman–Crippen LogP) is 0.874. The summed E-state index contributed by atoms with van der Waals surface area (Å²) < 4.78 is 5.45. The van der Waals surface area contributed by atoms with Crippen molar-refractivity contribution in [3.63, 3.8) is 0 Å². The molecule has 0 bridgehead atoms. The molecule has 0 aromatic carbocycles. The maximum atomic E-state index is 11.9. The molecule has 1 aliphatic rings. The molecule has 0 aliphatic carbocycles. The van der Waals surface area contributed by atoms with Gasteiger partial charge in [-0.15, -0.1) is 0 Å². The third kappa shape index (κ3) is 4.89. The maximum Gasteiger partial charge on any atom is 0.263 e. The third-order valence-corrected chi connectivity index (χ3v) is 3.16. The largest absolute Gasteiger partial charge is 0.387 e. The number of nitrogens with one attached hydrogen (secondary N) is 2. The van der Waals surface area contributed by atoms with Crippen LogP contribution in [0.15, 0.2) is 36.3 Å². The van der Waals surface area contributed by atoms with Crippen LogP contribution in [0.1, 0.15) is 18.4 Å². The summed E-state index contributed by atoms with van der Waals surface area (Å²) in [4.78, 5) is 15.8. The van der Waals surface area contributed by atoms with E-state index in [2.05, 4.69) is 15.6 Å². The zero-order valence-corrected chi connectivity index (χ0v) is 11.7. The van der Waals surface area contributed by atoms with Crippen LogP contribution in [-0.4, -0.2) is 30.1 Å². The summed E-state index contributed by atoms with van der Waals surface area (Å²) >= 11 is 0. The summed E-state index contributed by atoms with van der Waals surface area (Å²) in [5.74, 6) is -0.402. The van der Waals surface area contributed by atoms with Crippen LogP contribution in [0, 0.1) is 11.3 Å². The molecule has 0 radical (unpaired) electrons. The number of nitrogens with zero attached hydrogens (tertiary/aromatic N) is 2. The molecule has 2 N–H and O–H groups in total. The van der Waals surface area contributed by atoms with Crippen LogP contribution >= 0.6 is 0 Å². The summed E-state index contributed by atoms with van der Waals surface area (Å²) in [7, 11) is 0. The smallest absolute Gasteiger partial charge is 0.263 e. The first kappa shape index (κ1) is 15.0. The monoisotopic (exact) mass is 286 g/mol. The minimum Gasteiger partial charge on any atom is -0.387 e. The second kappa shape index (κ2) is 8.02. The maximum absolute atomic E-state index is 11.9. The Morgan fingerprint density at radius 1 is 1.62 bits per heavy atom. The van der Waals surface area contributed by atoms with E-state index in [0.29, 0.717) is 13.1 Å². The molecule has 1 saturated heterocycles. The lowest BCUT2D eigenvalue weighted by Crippen LogP contribution is -2.27. The zero-order chi connectivity index (χ0) is 14.9. The van der Waals surface area contributed by atoms with E-state index < -0.39 is 5.91 Å². The molecule has 110 valence electrons. The van der Waals surface area contributed by atoms with E-state index >= 15 is 0 Å². The van der Waals surface area contributed by atoms with E-state index in [-0.39, 0.29) is 11.7 Å². The van der Waals surface area contributed by atoms with Gasteiger partial charge in [0, 0.05) is 38.3 Å². The van der Waals surface area contributed by atoms with Gasteiger partial charge in [-0.3, -0.25) is 9.78 Å². The molecule has 1 atom stereocenters. The molecule has 2 rings (SSSR count). The fraction of sp³-hybridized carbons (Fsp3) is 0.400. The van der Waals surface area contributed by atoms with Crippen LogP contribution in [0.3, 0.4) is 0 Å². The minimum absolute atomic E-state index is 0.0527. The number of carbonyl (C=O) groups is 1. The Kier molecular flexibility index (Phi) is 5.73. The van der Waals surface area contributed by atoms with Crippen molar-refractivity contribution in [2.24, 2.45) is 0 Å². The van der Waals surface area contributed by atoms with Crippen molar-refractivity contribution in [2.45, 2.75) is 25.5 Å². The van der Waals surface area contributed by atoms with Crippen LogP contribution < -0.4 is 10.6 Å². The summed E-state index contributed by atoms with van der Waals surface area (Å²) in [5, 5.41) is 14.7. The molecule has 1 aromatic rings. The molecule has 6 heteroatoms. The number of nitriles is 1. The van der Waals surface area contributed by atoms with E-state index in [4.69, 9.17) is 10.00 Å². The van der Waals surface area contributed by atoms with Crippen molar-refractivity contribution in [1.29, 1.82) is 5.26 Å². The zero-order valence-electron chi connectivity index (χ0n) is 11.7. The topological polar surface area (TPSA) is 87.0 Å². The molecule has 21 heavy (non-hydrogen) atoms. The molecule has 1 aromatic heterocycles. The van der Waals surface area contributed by atoms with Gasteiger partial charge in [0.2, 0.25) is 0 Å². The van der Waals surface area contributed by atoms with Crippen molar-refractivity contribution in [3.8, 4) is 6.07 Å². The predicted molar refractivity (Wildman–Crippen MR) is 76.8 cm³/mol. The number of pyridine rings is 1. The Morgan fingerprint density at radius 2 is 2.52 bits per heavy atom. The van der Waals surface area contributed by atoms with Crippen molar-refractivity contribution < 1.29 is 9.53 Å². The van der Waals surface area contributed by atoms with Gasteiger partial charge in [0.1, 0.15) is 11.6 Å². The van der Waals surface area contributed by atoms with Crippen LogP contribution in [0.5, 0.6) is 0 Å². The Bertz CT molecular complexity index is 530. The molecule has 6 nitrogen and oxygen atoms in total. The molecule has 1 aliphatic heterocycles. The lowest BCUT2D eigenvalue weighted by molar-refractivity contribution is -0.117. The normalized spacial score (nSPS) is 18.0. The van der Waals surface area contributed by atoms with Crippen molar-refractivity contribution in [3.05, 3.63) is 41.9 Å². The third-order valence-electron chi connectivity index (χ3n) is 3.16. The fourth-order valence-electron chi connectivity index (χ4n) is 2.03. The van der Waals surface area contributed by atoms with Gasteiger partial charge in [-0.1, -0.05) is 6.07 Å². The fourth-order valence-corrected chi connectivity index (χ4v) is 2.03. The first-order chi connectivity index (χ1) is 10.3. The first-order valence-electron chi connectivity index (χ1n) is 6.92. The molecule has 0 saturated carbocycles. The van der Waals surface area contributed by atoms with Crippen LogP contribution in [-0.2, 0) is 16.1 Å². The molecular formula is C15H18N4O2.